The minimum Gasteiger partial charge on any atom is -0.748 e. The van der Waals surface area contributed by atoms with Crippen LogP contribution in [0.15, 0.2) is 41.4 Å². The van der Waals surface area contributed by atoms with Crippen molar-refractivity contribution < 1.29 is 22.5 Å². The molecule has 0 spiro atoms. The molecule has 0 amide bonds. The highest BCUT2D eigenvalue weighted by molar-refractivity contribution is 7.84. The average Bonchev–Trinajstić information content (AvgIpc) is 3.17. The van der Waals surface area contributed by atoms with Crippen molar-refractivity contribution in [3.05, 3.63) is 51.5 Å². The van der Waals surface area contributed by atoms with Gasteiger partial charge in [0.15, 0.2) is 12.2 Å². The molecule has 8 nitrogen and oxygen atoms in total. The van der Waals surface area contributed by atoms with Gasteiger partial charge in [-0.2, -0.15) is 4.57 Å². The maximum atomic E-state index is 10.6. The van der Waals surface area contributed by atoms with E-state index in [-0.39, 0.29) is 10.6 Å². The van der Waals surface area contributed by atoms with E-state index in [0.29, 0.717) is 12.3 Å². The van der Waals surface area contributed by atoms with E-state index in [4.69, 9.17) is 13.0 Å². The minimum absolute atomic E-state index is 0.145. The van der Waals surface area contributed by atoms with Crippen molar-refractivity contribution in [3.8, 4) is 0 Å². The second kappa shape index (κ2) is 7.69. The second-order valence-electron chi connectivity index (χ2n) is 5.34. The van der Waals surface area contributed by atoms with Crippen molar-refractivity contribution in [1.82, 2.24) is 0 Å². The van der Waals surface area contributed by atoms with Crippen LogP contribution in [-0.4, -0.2) is 37.2 Å². The molecule has 130 valence electrons. The largest absolute Gasteiger partial charge is 0.748 e. The van der Waals surface area contributed by atoms with Gasteiger partial charge in [-0.05, 0) is 12.1 Å². The Labute approximate surface area is 143 Å². The van der Waals surface area contributed by atoms with Crippen LogP contribution >= 0.6 is 11.3 Å². The number of nitrogens with zero attached hydrogens (tertiary/aromatic N) is 3. The summed E-state index contributed by atoms with van der Waals surface area (Å²) >= 11 is 1.70. The first-order chi connectivity index (χ1) is 11.2. The molecule has 0 bridgehead atoms. The van der Waals surface area contributed by atoms with E-state index >= 15 is 0 Å². The molecule has 1 fully saturated rings. The maximum absolute atomic E-state index is 10.6. The van der Waals surface area contributed by atoms with Crippen LogP contribution in [0.1, 0.15) is 12.5 Å². The van der Waals surface area contributed by atoms with E-state index < -0.39 is 10.1 Å². The van der Waals surface area contributed by atoms with Gasteiger partial charge in [0.25, 0.3) is 5.69 Å². The van der Waals surface area contributed by atoms with Crippen LogP contribution < -0.4 is 9.47 Å². The van der Waals surface area contributed by atoms with Crippen molar-refractivity contribution in [3.63, 3.8) is 0 Å². The van der Waals surface area contributed by atoms with Crippen LogP contribution in [0.25, 0.3) is 0 Å². The van der Waals surface area contributed by atoms with Crippen LogP contribution in [0.2, 0.25) is 0 Å². The third-order valence-electron chi connectivity index (χ3n) is 3.50. The number of aromatic nitrogens is 1. The summed E-state index contributed by atoms with van der Waals surface area (Å²) in [4.78, 5) is 12.5. The van der Waals surface area contributed by atoms with E-state index in [1.54, 1.807) is 23.5 Å². The van der Waals surface area contributed by atoms with Gasteiger partial charge in [-0.25, -0.2) is 8.42 Å². The lowest BCUT2D eigenvalue weighted by Gasteiger charge is -2.16. The normalized spacial score (nSPS) is 17.2. The second-order valence-corrected chi connectivity index (χ2v) is 7.50. The fourth-order valence-corrected chi connectivity index (χ4v) is 3.12. The summed E-state index contributed by atoms with van der Waals surface area (Å²) in [7, 11) is -3.92. The predicted molar refractivity (Wildman–Crippen MR) is 89.1 cm³/mol. The molecule has 1 saturated heterocycles. The lowest BCUT2D eigenvalue weighted by atomic mass is 10.2. The van der Waals surface area contributed by atoms with Crippen molar-refractivity contribution in [2.75, 3.05) is 24.2 Å². The van der Waals surface area contributed by atoms with Crippen molar-refractivity contribution in [2.45, 2.75) is 12.5 Å². The van der Waals surface area contributed by atoms with Gasteiger partial charge in [0, 0.05) is 37.0 Å². The summed E-state index contributed by atoms with van der Waals surface area (Å²) < 4.78 is 29.5. The predicted octanol–water partition coefficient (Wildman–Crippen LogP) is 1.56. The first kappa shape index (κ1) is 18.3. The smallest absolute Gasteiger partial charge is 0.269 e. The van der Waals surface area contributed by atoms with Crippen LogP contribution in [-0.2, 0) is 10.1 Å². The average molecular weight is 371 g/mol. The standard InChI is InChI=1S/C13H14N3O2S.CH4O3S/c17-16(18)12-3-1-11(2-4-12)14-6-5-13(9-14)15-7-8-19-10-15;1-5(2,3)4/h1-4,7-8,10,13H,5-6,9H2;1H3,(H,2,3,4)/q+1;/p-1. The molecule has 10 heteroatoms. The van der Waals surface area contributed by atoms with Gasteiger partial charge in [-0.3, -0.25) is 10.1 Å². The number of nitro groups is 1. The summed E-state index contributed by atoms with van der Waals surface area (Å²) in [5.74, 6) is 0. The molecule has 3 rings (SSSR count). The molecule has 0 saturated carbocycles. The fraction of sp³-hybridized carbons (Fsp3) is 0.357. The third kappa shape index (κ3) is 5.55. The van der Waals surface area contributed by atoms with Gasteiger partial charge in [0.1, 0.15) is 0 Å². The Balaban J connectivity index is 0.000000368. The maximum Gasteiger partial charge on any atom is 0.269 e. The highest BCUT2D eigenvalue weighted by Gasteiger charge is 2.29. The Morgan fingerprint density at radius 3 is 2.46 bits per heavy atom. The van der Waals surface area contributed by atoms with Crippen LogP contribution in [0.5, 0.6) is 0 Å². The fourth-order valence-electron chi connectivity index (χ4n) is 2.46. The Morgan fingerprint density at radius 2 is 1.96 bits per heavy atom. The van der Waals surface area contributed by atoms with Crippen LogP contribution in [0.3, 0.4) is 0 Å². The Morgan fingerprint density at radius 1 is 1.33 bits per heavy atom. The van der Waals surface area contributed by atoms with E-state index in [1.165, 1.54) is 0 Å². The Kier molecular flexibility index (Phi) is 5.86. The molecular formula is C14H17N3O5S2. The number of anilines is 1. The zero-order valence-electron chi connectivity index (χ0n) is 12.9. The molecule has 0 N–H and O–H groups in total. The zero-order valence-corrected chi connectivity index (χ0v) is 14.6. The van der Waals surface area contributed by atoms with E-state index in [1.807, 2.05) is 12.1 Å². The lowest BCUT2D eigenvalue weighted by Crippen LogP contribution is -2.38. The quantitative estimate of drug-likeness (QED) is 0.351. The third-order valence-corrected chi connectivity index (χ3v) is 4.15. The van der Waals surface area contributed by atoms with E-state index in [2.05, 4.69) is 26.6 Å². The number of benzene rings is 1. The molecular weight excluding hydrogens is 354 g/mol. The SMILES string of the molecule is CS(=O)(=O)[O-].O=[N+]([O-])c1ccc(N2CCC([n+]3ccsc3)C2)cc1. The topological polar surface area (TPSA) is 107 Å². The number of thiazole rings is 1. The molecule has 1 atom stereocenters. The van der Waals surface area contributed by atoms with Crippen LogP contribution in [0, 0.1) is 10.1 Å². The Hall–Kier alpha value is -2.04. The summed E-state index contributed by atoms with van der Waals surface area (Å²) in [5, 5.41) is 12.7. The first-order valence-corrected chi connectivity index (χ1v) is 9.83. The molecule has 1 unspecified atom stereocenters. The van der Waals surface area contributed by atoms with Gasteiger partial charge in [0.05, 0.1) is 27.0 Å². The van der Waals surface area contributed by atoms with Crippen molar-refractivity contribution in [1.29, 1.82) is 0 Å². The summed E-state index contributed by atoms with van der Waals surface area (Å²) in [6, 6.07) is 7.31. The molecule has 0 radical (unpaired) electrons. The molecule has 24 heavy (non-hydrogen) atoms. The van der Waals surface area contributed by atoms with Crippen molar-refractivity contribution >= 4 is 32.8 Å². The number of hydrogen-bond acceptors (Lipinski definition) is 7. The number of non-ortho nitro benzene ring substituents is 1. The van der Waals surface area contributed by atoms with Crippen LogP contribution in [0.4, 0.5) is 11.4 Å². The van der Waals surface area contributed by atoms with Gasteiger partial charge < -0.3 is 9.45 Å². The monoisotopic (exact) mass is 371 g/mol. The molecule has 1 aliphatic rings. The molecule has 1 aromatic carbocycles. The first-order valence-electron chi connectivity index (χ1n) is 7.07. The molecule has 0 aliphatic carbocycles. The molecule has 1 aliphatic heterocycles. The van der Waals surface area contributed by atoms with Crippen molar-refractivity contribution in [2.24, 2.45) is 0 Å². The number of hydrogen-bond donors (Lipinski definition) is 0. The summed E-state index contributed by atoms with van der Waals surface area (Å²) in [5.41, 5.74) is 3.33. The van der Waals surface area contributed by atoms with Gasteiger partial charge in [0.2, 0.25) is 5.51 Å². The number of nitro benzene ring substituents is 1. The molecule has 2 heterocycles. The highest BCUT2D eigenvalue weighted by Crippen LogP contribution is 2.25. The van der Waals surface area contributed by atoms with Gasteiger partial charge in [-0.1, -0.05) is 11.3 Å². The molecule has 1 aromatic heterocycles. The van der Waals surface area contributed by atoms with Gasteiger partial charge in [-0.15, -0.1) is 0 Å². The van der Waals surface area contributed by atoms with Gasteiger partial charge >= 0.3 is 0 Å². The van der Waals surface area contributed by atoms with E-state index in [9.17, 15) is 10.1 Å². The highest BCUT2D eigenvalue weighted by atomic mass is 32.2. The minimum atomic E-state index is -3.92. The zero-order chi connectivity index (χ0) is 17.7. The summed E-state index contributed by atoms with van der Waals surface area (Å²) in [6.07, 6.45) is 3.82. The molecule has 2 aromatic rings. The Bertz CT molecular complexity index is 767. The van der Waals surface area contributed by atoms with E-state index in [0.717, 1.165) is 25.2 Å². The lowest BCUT2D eigenvalue weighted by molar-refractivity contribution is -0.714. The summed E-state index contributed by atoms with van der Waals surface area (Å²) in [6.45, 7) is 1.95. The number of rotatable bonds is 3.